The molecular formula is C14H19N3O2S. The Bertz CT molecular complexity index is 638. The molecule has 3 rings (SSSR count). The number of thiazole rings is 1. The van der Waals surface area contributed by atoms with Crippen molar-refractivity contribution in [1.29, 1.82) is 0 Å². The van der Waals surface area contributed by atoms with Crippen molar-refractivity contribution in [3.05, 3.63) is 17.3 Å². The van der Waals surface area contributed by atoms with Gasteiger partial charge in [0.15, 0.2) is 16.5 Å². The number of carboxylic acid groups (broad SMARTS) is 1. The fourth-order valence-electron chi connectivity index (χ4n) is 2.81. The highest BCUT2D eigenvalue weighted by molar-refractivity contribution is 7.15. The van der Waals surface area contributed by atoms with E-state index in [1.807, 2.05) is 5.38 Å². The molecule has 0 aliphatic carbocycles. The van der Waals surface area contributed by atoms with Crippen LogP contribution in [-0.2, 0) is 0 Å². The van der Waals surface area contributed by atoms with Crippen LogP contribution in [0, 0.1) is 5.41 Å². The molecule has 2 aromatic heterocycles. The van der Waals surface area contributed by atoms with Crippen LogP contribution < -0.4 is 4.90 Å². The average Bonchev–Trinajstić information content (AvgIpc) is 2.99. The molecule has 1 aliphatic heterocycles. The largest absolute Gasteiger partial charge is 0.476 e. The Kier molecular flexibility index (Phi) is 3.20. The maximum absolute atomic E-state index is 11.5. The SMILES string of the molecule is CCC1(C)CCN(c2nc3sccn3c2C(=O)O)CC1. The van der Waals surface area contributed by atoms with Crippen molar-refractivity contribution >= 4 is 28.1 Å². The number of hydrogen-bond donors (Lipinski definition) is 1. The zero-order valence-corrected chi connectivity index (χ0v) is 12.6. The van der Waals surface area contributed by atoms with E-state index >= 15 is 0 Å². The number of piperidine rings is 1. The highest BCUT2D eigenvalue weighted by Crippen LogP contribution is 2.36. The molecule has 0 atom stereocenters. The number of rotatable bonds is 3. The summed E-state index contributed by atoms with van der Waals surface area (Å²) >= 11 is 1.47. The van der Waals surface area contributed by atoms with Gasteiger partial charge in [0.05, 0.1) is 0 Å². The summed E-state index contributed by atoms with van der Waals surface area (Å²) in [6.45, 7) is 6.31. The summed E-state index contributed by atoms with van der Waals surface area (Å²) in [4.78, 5) is 18.9. The minimum absolute atomic E-state index is 0.293. The van der Waals surface area contributed by atoms with E-state index in [2.05, 4.69) is 23.7 Å². The highest BCUT2D eigenvalue weighted by Gasteiger charge is 2.32. The lowest BCUT2D eigenvalue weighted by molar-refractivity contribution is 0.0690. The summed E-state index contributed by atoms with van der Waals surface area (Å²) in [6.07, 6.45) is 5.13. The fraction of sp³-hybridized carbons (Fsp3) is 0.571. The first-order valence-corrected chi connectivity index (χ1v) is 7.86. The van der Waals surface area contributed by atoms with Gasteiger partial charge in [0, 0.05) is 24.7 Å². The van der Waals surface area contributed by atoms with E-state index in [1.54, 1.807) is 10.6 Å². The summed E-state index contributed by atoms with van der Waals surface area (Å²) in [6, 6.07) is 0. The third-order valence-corrected chi connectivity index (χ3v) is 5.33. The smallest absolute Gasteiger partial charge is 0.356 e. The van der Waals surface area contributed by atoms with E-state index in [0.29, 0.717) is 16.9 Å². The Morgan fingerprint density at radius 2 is 2.20 bits per heavy atom. The second-order valence-electron chi connectivity index (χ2n) is 5.80. The van der Waals surface area contributed by atoms with Crippen LogP contribution in [0.15, 0.2) is 11.6 Å². The van der Waals surface area contributed by atoms with E-state index in [9.17, 15) is 9.90 Å². The highest BCUT2D eigenvalue weighted by atomic mass is 32.1. The quantitative estimate of drug-likeness (QED) is 0.944. The van der Waals surface area contributed by atoms with Crippen molar-refractivity contribution in [3.63, 3.8) is 0 Å². The Hall–Kier alpha value is -1.56. The Labute approximate surface area is 121 Å². The number of carboxylic acids is 1. The zero-order chi connectivity index (χ0) is 14.3. The number of hydrogen-bond acceptors (Lipinski definition) is 4. The first-order chi connectivity index (χ1) is 9.54. The molecule has 3 heterocycles. The van der Waals surface area contributed by atoms with E-state index < -0.39 is 5.97 Å². The molecule has 1 N–H and O–H groups in total. The van der Waals surface area contributed by atoms with Gasteiger partial charge in [-0.3, -0.25) is 4.40 Å². The molecule has 1 aliphatic rings. The van der Waals surface area contributed by atoms with Crippen molar-refractivity contribution in [2.75, 3.05) is 18.0 Å². The number of aromatic carboxylic acids is 1. The summed E-state index contributed by atoms with van der Waals surface area (Å²) in [5.41, 5.74) is 0.679. The Morgan fingerprint density at radius 1 is 1.50 bits per heavy atom. The molecule has 0 amide bonds. The van der Waals surface area contributed by atoms with Crippen LogP contribution in [0.3, 0.4) is 0 Å². The van der Waals surface area contributed by atoms with Gasteiger partial charge in [0.25, 0.3) is 0 Å². The molecule has 0 spiro atoms. The van der Waals surface area contributed by atoms with Crippen LogP contribution in [0.4, 0.5) is 5.82 Å². The van der Waals surface area contributed by atoms with Gasteiger partial charge in [-0.15, -0.1) is 11.3 Å². The molecule has 0 bridgehead atoms. The molecular weight excluding hydrogens is 274 g/mol. The van der Waals surface area contributed by atoms with Gasteiger partial charge >= 0.3 is 5.97 Å². The lowest BCUT2D eigenvalue weighted by Crippen LogP contribution is -2.39. The zero-order valence-electron chi connectivity index (χ0n) is 11.8. The maximum atomic E-state index is 11.5. The lowest BCUT2D eigenvalue weighted by Gasteiger charge is -2.39. The average molecular weight is 293 g/mol. The van der Waals surface area contributed by atoms with Crippen molar-refractivity contribution in [3.8, 4) is 0 Å². The first-order valence-electron chi connectivity index (χ1n) is 6.98. The van der Waals surface area contributed by atoms with Crippen molar-refractivity contribution in [1.82, 2.24) is 9.38 Å². The third-order valence-electron chi connectivity index (χ3n) is 4.57. The topological polar surface area (TPSA) is 57.8 Å². The van der Waals surface area contributed by atoms with Gasteiger partial charge in [-0.2, -0.15) is 0 Å². The molecule has 0 radical (unpaired) electrons. The van der Waals surface area contributed by atoms with Gasteiger partial charge in [-0.25, -0.2) is 9.78 Å². The summed E-state index contributed by atoms with van der Waals surface area (Å²) in [7, 11) is 0. The predicted octanol–water partition coefficient (Wildman–Crippen LogP) is 3.11. The number of aromatic nitrogens is 2. The van der Waals surface area contributed by atoms with Crippen LogP contribution in [0.1, 0.15) is 43.6 Å². The van der Waals surface area contributed by atoms with Crippen molar-refractivity contribution in [2.24, 2.45) is 5.41 Å². The molecule has 20 heavy (non-hydrogen) atoms. The molecule has 0 saturated carbocycles. The van der Waals surface area contributed by atoms with Crippen molar-refractivity contribution in [2.45, 2.75) is 33.1 Å². The lowest BCUT2D eigenvalue weighted by atomic mass is 9.78. The van der Waals surface area contributed by atoms with E-state index in [0.717, 1.165) is 30.9 Å². The number of imidazole rings is 1. The van der Waals surface area contributed by atoms with Gasteiger partial charge in [-0.1, -0.05) is 20.3 Å². The van der Waals surface area contributed by atoms with Gasteiger partial charge in [0.1, 0.15) is 0 Å². The van der Waals surface area contributed by atoms with E-state index in [4.69, 9.17) is 0 Å². The second-order valence-corrected chi connectivity index (χ2v) is 6.67. The second kappa shape index (κ2) is 4.77. The van der Waals surface area contributed by atoms with Crippen molar-refractivity contribution < 1.29 is 9.90 Å². The predicted molar refractivity (Wildman–Crippen MR) is 79.9 cm³/mol. The van der Waals surface area contributed by atoms with Gasteiger partial charge in [0.2, 0.25) is 0 Å². The monoisotopic (exact) mass is 293 g/mol. The fourth-order valence-corrected chi connectivity index (χ4v) is 3.51. The Morgan fingerprint density at radius 3 is 2.80 bits per heavy atom. The normalized spacial score (nSPS) is 18.6. The van der Waals surface area contributed by atoms with Crippen LogP contribution in [0.2, 0.25) is 0 Å². The molecule has 1 fully saturated rings. The number of carbonyl (C=O) groups is 1. The summed E-state index contributed by atoms with van der Waals surface area (Å²) in [5.74, 6) is -0.280. The molecule has 1 saturated heterocycles. The molecule has 6 heteroatoms. The number of nitrogens with zero attached hydrogens (tertiary/aromatic N) is 3. The molecule has 0 unspecified atom stereocenters. The summed E-state index contributed by atoms with van der Waals surface area (Å²) < 4.78 is 1.68. The van der Waals surface area contributed by atoms with Crippen LogP contribution in [-0.4, -0.2) is 33.6 Å². The summed E-state index contributed by atoms with van der Waals surface area (Å²) in [5, 5.41) is 11.3. The minimum Gasteiger partial charge on any atom is -0.476 e. The standard InChI is InChI=1S/C14H19N3O2S/c1-3-14(2)4-6-16(7-5-14)11-10(12(18)19)17-8-9-20-13(17)15-11/h8-9H,3-7H2,1-2H3,(H,18,19). The first kappa shape index (κ1) is 13.4. The Balaban J connectivity index is 1.93. The number of fused-ring (bicyclic) bond motifs is 1. The molecule has 0 aromatic carbocycles. The van der Waals surface area contributed by atoms with Crippen LogP contribution >= 0.6 is 11.3 Å². The minimum atomic E-state index is -0.908. The van der Waals surface area contributed by atoms with E-state index in [1.165, 1.54) is 17.8 Å². The molecule has 2 aromatic rings. The molecule has 5 nitrogen and oxygen atoms in total. The van der Waals surface area contributed by atoms with Gasteiger partial charge in [-0.05, 0) is 18.3 Å². The van der Waals surface area contributed by atoms with Crippen LogP contribution in [0.5, 0.6) is 0 Å². The number of anilines is 1. The van der Waals surface area contributed by atoms with Crippen LogP contribution in [0.25, 0.3) is 4.96 Å². The maximum Gasteiger partial charge on any atom is 0.356 e. The van der Waals surface area contributed by atoms with E-state index in [-0.39, 0.29) is 0 Å². The molecule has 108 valence electrons. The third kappa shape index (κ3) is 2.08. The van der Waals surface area contributed by atoms with Gasteiger partial charge < -0.3 is 10.0 Å².